The third-order valence-electron chi connectivity index (χ3n) is 3.25. The predicted octanol–water partition coefficient (Wildman–Crippen LogP) is 0.184. The van der Waals surface area contributed by atoms with Crippen molar-refractivity contribution in [2.75, 3.05) is 19.7 Å². The van der Waals surface area contributed by atoms with Gasteiger partial charge in [-0.25, -0.2) is 0 Å². The zero-order valence-electron chi connectivity index (χ0n) is 9.02. The van der Waals surface area contributed by atoms with E-state index < -0.39 is 0 Å². The van der Waals surface area contributed by atoms with Gasteiger partial charge in [-0.05, 0) is 18.9 Å². The summed E-state index contributed by atoms with van der Waals surface area (Å²) in [6.07, 6.45) is 7.59. The molecule has 1 fully saturated rings. The van der Waals surface area contributed by atoms with Gasteiger partial charge in [0.05, 0.1) is 13.2 Å². The second-order valence-corrected chi connectivity index (χ2v) is 4.22. The van der Waals surface area contributed by atoms with Gasteiger partial charge in [0.25, 0.3) is 0 Å². The van der Waals surface area contributed by atoms with Crippen LogP contribution in [0.3, 0.4) is 0 Å². The van der Waals surface area contributed by atoms with Crippen molar-refractivity contribution in [3.63, 3.8) is 0 Å². The summed E-state index contributed by atoms with van der Waals surface area (Å²) in [7, 11) is 0. The summed E-state index contributed by atoms with van der Waals surface area (Å²) in [5.41, 5.74) is 1.32. The van der Waals surface area contributed by atoms with Gasteiger partial charge >= 0.3 is 0 Å². The first-order valence-corrected chi connectivity index (χ1v) is 5.77. The maximum absolute atomic E-state index is 9.05. The predicted molar refractivity (Wildman–Crippen MR) is 58.6 cm³/mol. The average Bonchev–Trinajstić information content (AvgIpc) is 2.31. The Bertz CT molecular complexity index is 287. The zero-order valence-corrected chi connectivity index (χ0v) is 9.02. The molecule has 2 atom stereocenters. The van der Waals surface area contributed by atoms with E-state index in [9.17, 15) is 0 Å². The van der Waals surface area contributed by atoms with Crippen molar-refractivity contribution in [1.29, 1.82) is 0 Å². The van der Waals surface area contributed by atoms with Crippen molar-refractivity contribution in [3.8, 4) is 0 Å². The number of hydrogen-bond donors (Lipinski definition) is 2. The average molecular weight is 207 g/mol. The van der Waals surface area contributed by atoms with Gasteiger partial charge in [0.2, 0.25) is 0 Å². The molecule has 1 saturated heterocycles. The minimum atomic E-state index is 0.284. The first-order chi connectivity index (χ1) is 7.42. The van der Waals surface area contributed by atoms with E-state index in [-0.39, 0.29) is 6.61 Å². The molecule has 3 heteroatoms. The van der Waals surface area contributed by atoms with Crippen molar-refractivity contribution in [2.24, 2.45) is 0 Å². The molecule has 0 spiro atoms. The van der Waals surface area contributed by atoms with Gasteiger partial charge in [0.1, 0.15) is 12.6 Å². The van der Waals surface area contributed by atoms with Crippen LogP contribution >= 0.6 is 0 Å². The van der Waals surface area contributed by atoms with Crippen LogP contribution < -0.4 is 4.90 Å². The molecule has 0 bridgehead atoms. The quantitative estimate of drug-likeness (QED) is 0.742. The van der Waals surface area contributed by atoms with E-state index in [1.165, 1.54) is 36.3 Å². The Labute approximate surface area is 90.8 Å². The number of aliphatic hydroxyl groups is 1. The SMILES string of the molecule is OCC[NH+]1CCCC[C@H]1c1cccnc1. The lowest BCUT2D eigenvalue weighted by Crippen LogP contribution is -3.13. The van der Waals surface area contributed by atoms with Gasteiger partial charge in [0, 0.05) is 24.4 Å². The highest BCUT2D eigenvalue weighted by Gasteiger charge is 2.26. The zero-order chi connectivity index (χ0) is 10.5. The van der Waals surface area contributed by atoms with Gasteiger partial charge < -0.3 is 10.0 Å². The first kappa shape index (κ1) is 10.6. The molecule has 0 amide bonds. The number of likely N-dealkylation sites (tertiary alicyclic amines) is 1. The van der Waals surface area contributed by atoms with Crippen LogP contribution in [0, 0.1) is 0 Å². The molecule has 0 radical (unpaired) electrons. The van der Waals surface area contributed by atoms with Crippen LogP contribution in [-0.2, 0) is 0 Å². The van der Waals surface area contributed by atoms with Crippen molar-refractivity contribution in [2.45, 2.75) is 25.3 Å². The molecule has 0 aromatic carbocycles. The fourth-order valence-electron chi connectivity index (χ4n) is 2.51. The monoisotopic (exact) mass is 207 g/mol. The summed E-state index contributed by atoms with van der Waals surface area (Å²) in [6.45, 7) is 2.33. The van der Waals surface area contributed by atoms with Crippen LogP contribution in [0.5, 0.6) is 0 Å². The molecule has 0 saturated carbocycles. The second kappa shape index (κ2) is 5.24. The molecular weight excluding hydrogens is 188 g/mol. The maximum Gasteiger partial charge on any atom is 0.115 e. The number of aliphatic hydroxyl groups excluding tert-OH is 1. The van der Waals surface area contributed by atoms with Crippen LogP contribution in [0.15, 0.2) is 24.5 Å². The Kier molecular flexibility index (Phi) is 3.69. The second-order valence-electron chi connectivity index (χ2n) is 4.22. The fraction of sp³-hybridized carbons (Fsp3) is 0.583. The van der Waals surface area contributed by atoms with Gasteiger partial charge in [-0.3, -0.25) is 4.98 Å². The Balaban J connectivity index is 2.11. The number of aromatic nitrogens is 1. The molecule has 1 aromatic rings. The summed E-state index contributed by atoms with van der Waals surface area (Å²) in [6, 6.07) is 4.69. The van der Waals surface area contributed by atoms with Crippen LogP contribution in [-0.4, -0.2) is 29.8 Å². The molecule has 82 valence electrons. The minimum absolute atomic E-state index is 0.284. The maximum atomic E-state index is 9.05. The van der Waals surface area contributed by atoms with E-state index in [4.69, 9.17) is 5.11 Å². The van der Waals surface area contributed by atoms with E-state index in [1.807, 2.05) is 18.5 Å². The van der Waals surface area contributed by atoms with E-state index in [1.54, 1.807) is 0 Å². The molecule has 2 rings (SSSR count). The standard InChI is InChI=1S/C12H18N2O/c15-9-8-14-7-2-1-5-12(14)11-4-3-6-13-10-11/h3-4,6,10,12,15H,1-2,5,7-9H2/p+1/t12-/m0/s1. The molecule has 3 nitrogen and oxygen atoms in total. The number of pyridine rings is 1. The molecular formula is C12H19N2O+. The van der Waals surface area contributed by atoms with E-state index in [2.05, 4.69) is 11.1 Å². The number of hydrogen-bond acceptors (Lipinski definition) is 2. The van der Waals surface area contributed by atoms with E-state index >= 15 is 0 Å². The highest BCUT2D eigenvalue weighted by molar-refractivity contribution is 5.11. The molecule has 2 N–H and O–H groups in total. The summed E-state index contributed by atoms with van der Waals surface area (Å²) < 4.78 is 0. The molecule has 1 aliphatic rings. The first-order valence-electron chi connectivity index (χ1n) is 5.77. The van der Waals surface area contributed by atoms with Gasteiger partial charge in [-0.15, -0.1) is 0 Å². The fourth-order valence-corrected chi connectivity index (χ4v) is 2.51. The van der Waals surface area contributed by atoms with Crippen molar-refractivity contribution < 1.29 is 10.0 Å². The summed E-state index contributed by atoms with van der Waals surface area (Å²) in [4.78, 5) is 5.69. The lowest BCUT2D eigenvalue weighted by Gasteiger charge is -2.32. The topological polar surface area (TPSA) is 37.6 Å². The van der Waals surface area contributed by atoms with Crippen molar-refractivity contribution in [1.82, 2.24) is 4.98 Å². The summed E-state index contributed by atoms with van der Waals surface area (Å²) in [5.74, 6) is 0. The van der Waals surface area contributed by atoms with Crippen molar-refractivity contribution >= 4 is 0 Å². The Morgan fingerprint density at radius 1 is 1.47 bits per heavy atom. The highest BCUT2D eigenvalue weighted by Crippen LogP contribution is 2.17. The number of nitrogens with one attached hydrogen (secondary N) is 1. The number of rotatable bonds is 3. The smallest absolute Gasteiger partial charge is 0.115 e. The van der Waals surface area contributed by atoms with Crippen LogP contribution in [0.2, 0.25) is 0 Å². The summed E-state index contributed by atoms with van der Waals surface area (Å²) in [5, 5.41) is 9.05. The highest BCUT2D eigenvalue weighted by atomic mass is 16.3. The molecule has 15 heavy (non-hydrogen) atoms. The molecule has 1 aliphatic heterocycles. The number of nitrogens with zero attached hydrogens (tertiary/aromatic N) is 1. The third kappa shape index (κ3) is 2.55. The lowest BCUT2D eigenvalue weighted by atomic mass is 9.96. The largest absolute Gasteiger partial charge is 0.391 e. The van der Waals surface area contributed by atoms with Crippen LogP contribution in [0.4, 0.5) is 0 Å². The van der Waals surface area contributed by atoms with Crippen molar-refractivity contribution in [3.05, 3.63) is 30.1 Å². The van der Waals surface area contributed by atoms with Crippen LogP contribution in [0.1, 0.15) is 30.9 Å². The van der Waals surface area contributed by atoms with Gasteiger partial charge in [0.15, 0.2) is 0 Å². The van der Waals surface area contributed by atoms with E-state index in [0.29, 0.717) is 6.04 Å². The Hall–Kier alpha value is -0.930. The molecule has 0 aliphatic carbocycles. The van der Waals surface area contributed by atoms with Crippen LogP contribution in [0.25, 0.3) is 0 Å². The molecule has 1 unspecified atom stereocenters. The Morgan fingerprint density at radius 2 is 2.40 bits per heavy atom. The minimum Gasteiger partial charge on any atom is -0.391 e. The third-order valence-corrected chi connectivity index (χ3v) is 3.25. The Morgan fingerprint density at radius 3 is 3.13 bits per heavy atom. The van der Waals surface area contributed by atoms with Gasteiger partial charge in [-0.1, -0.05) is 6.07 Å². The normalized spacial score (nSPS) is 26.5. The summed E-state index contributed by atoms with van der Waals surface area (Å²) >= 11 is 0. The lowest BCUT2D eigenvalue weighted by molar-refractivity contribution is -0.937. The van der Waals surface area contributed by atoms with Gasteiger partial charge in [-0.2, -0.15) is 0 Å². The molecule has 1 aromatic heterocycles. The number of quaternary nitrogens is 1. The van der Waals surface area contributed by atoms with E-state index in [0.717, 1.165) is 6.54 Å². The molecule has 2 heterocycles. The number of piperidine rings is 1.